The first kappa shape index (κ1) is 51.7. The highest BCUT2D eigenvalue weighted by atomic mass is 31.2. The summed E-state index contributed by atoms with van der Waals surface area (Å²) in [6, 6.07) is -0.862. The molecule has 0 saturated heterocycles. The first-order valence-corrected chi connectivity index (χ1v) is 23.4. The van der Waals surface area contributed by atoms with Crippen molar-refractivity contribution in [2.45, 2.75) is 199 Å². The Balaban J connectivity index is 3.86. The highest BCUT2D eigenvalue weighted by Gasteiger charge is 2.27. The molecule has 0 radical (unpaired) electrons. The molecule has 0 spiro atoms. The van der Waals surface area contributed by atoms with Crippen LogP contribution in [0.5, 0.6) is 0 Å². The molecule has 0 aromatic carbocycles. The number of phosphoric acid groups is 1. The molecule has 0 aromatic heterocycles. The molecule has 0 aliphatic rings. The second kappa shape index (κ2) is 36.4. The zero-order chi connectivity index (χ0) is 39.3. The summed E-state index contributed by atoms with van der Waals surface area (Å²) >= 11 is 0. The van der Waals surface area contributed by atoms with E-state index in [9.17, 15) is 19.4 Å². The SMILES string of the molecule is CCCCCCCCCCCCCCCCCCCCCC/C=C/CC/C=C/CC/C=C/C(O)C(COP(=O)(O)OCC[N+](C)(C)C)NC(=O)CCC. The van der Waals surface area contributed by atoms with E-state index in [0.29, 0.717) is 23.9 Å². The molecule has 3 atom stereocenters. The molecule has 0 aliphatic carbocycles. The van der Waals surface area contributed by atoms with E-state index in [-0.39, 0.29) is 19.1 Å². The summed E-state index contributed by atoms with van der Waals surface area (Å²) in [5.74, 6) is -0.245. The molecule has 312 valence electrons. The predicted octanol–water partition coefficient (Wildman–Crippen LogP) is 11.9. The van der Waals surface area contributed by atoms with Crippen molar-refractivity contribution < 1.29 is 32.9 Å². The van der Waals surface area contributed by atoms with E-state index in [1.54, 1.807) is 6.08 Å². The van der Waals surface area contributed by atoms with E-state index in [1.807, 2.05) is 34.1 Å². The van der Waals surface area contributed by atoms with E-state index in [1.165, 1.54) is 135 Å². The Morgan fingerprint density at radius 3 is 1.47 bits per heavy atom. The number of aliphatic hydroxyl groups excluding tert-OH is 1. The van der Waals surface area contributed by atoms with Gasteiger partial charge in [0.05, 0.1) is 39.9 Å². The number of rotatable bonds is 39. The maximum Gasteiger partial charge on any atom is 0.472 e. The Labute approximate surface area is 327 Å². The van der Waals surface area contributed by atoms with Crippen LogP contribution in [0.25, 0.3) is 0 Å². The van der Waals surface area contributed by atoms with Crippen molar-refractivity contribution in [2.75, 3.05) is 40.9 Å². The first-order valence-electron chi connectivity index (χ1n) is 21.9. The maximum atomic E-state index is 12.3. The number of carbonyl (C=O) groups excluding carboxylic acids is 1. The Hall–Kier alpha value is -1.28. The fraction of sp³-hybridized carbons (Fsp3) is 0.841. The van der Waals surface area contributed by atoms with Gasteiger partial charge in [-0.25, -0.2) is 4.57 Å². The molecule has 8 nitrogen and oxygen atoms in total. The first-order chi connectivity index (χ1) is 25.5. The number of quaternary nitrogens is 1. The number of nitrogens with zero attached hydrogens (tertiary/aromatic N) is 1. The number of unbranched alkanes of at least 4 members (excludes halogenated alkanes) is 22. The average molecular weight is 770 g/mol. The number of likely N-dealkylation sites (N-methyl/N-ethyl adjacent to an activating group) is 1. The van der Waals surface area contributed by atoms with Gasteiger partial charge in [-0.15, -0.1) is 0 Å². The minimum absolute atomic E-state index is 0.0517. The number of hydrogen-bond acceptors (Lipinski definition) is 5. The lowest BCUT2D eigenvalue weighted by Gasteiger charge is -2.25. The van der Waals surface area contributed by atoms with Crippen LogP contribution in [-0.4, -0.2) is 73.4 Å². The number of carbonyl (C=O) groups is 1. The summed E-state index contributed by atoms with van der Waals surface area (Å²) in [7, 11) is 1.54. The molecule has 0 saturated carbocycles. The summed E-state index contributed by atoms with van der Waals surface area (Å²) in [5, 5.41) is 13.4. The van der Waals surface area contributed by atoms with Crippen LogP contribution in [0, 0.1) is 0 Å². The van der Waals surface area contributed by atoms with Crippen LogP contribution < -0.4 is 5.32 Å². The molecule has 53 heavy (non-hydrogen) atoms. The van der Waals surface area contributed by atoms with E-state index in [4.69, 9.17) is 9.05 Å². The van der Waals surface area contributed by atoms with Gasteiger partial charge in [-0.2, -0.15) is 0 Å². The molecule has 3 unspecified atom stereocenters. The average Bonchev–Trinajstić information content (AvgIpc) is 3.10. The Morgan fingerprint density at radius 1 is 0.623 bits per heavy atom. The van der Waals surface area contributed by atoms with Crippen LogP contribution in [0.4, 0.5) is 0 Å². The molecular formula is C44H86N2O6P+. The van der Waals surface area contributed by atoms with Crippen LogP contribution in [-0.2, 0) is 18.4 Å². The number of phosphoric ester groups is 1. The molecule has 0 bridgehead atoms. The lowest BCUT2D eigenvalue weighted by Crippen LogP contribution is -2.45. The molecular weight excluding hydrogens is 683 g/mol. The molecule has 3 N–H and O–H groups in total. The summed E-state index contributed by atoms with van der Waals surface area (Å²) < 4.78 is 23.1. The molecule has 0 rings (SSSR count). The number of allylic oxidation sites excluding steroid dienone is 5. The van der Waals surface area contributed by atoms with Crippen molar-refractivity contribution in [3.05, 3.63) is 36.5 Å². The topological polar surface area (TPSA) is 105 Å². The minimum atomic E-state index is -4.32. The highest BCUT2D eigenvalue weighted by molar-refractivity contribution is 7.47. The fourth-order valence-electron chi connectivity index (χ4n) is 6.12. The minimum Gasteiger partial charge on any atom is -0.387 e. The van der Waals surface area contributed by atoms with Gasteiger partial charge in [0.15, 0.2) is 0 Å². The molecule has 0 fully saturated rings. The number of amides is 1. The van der Waals surface area contributed by atoms with Crippen molar-refractivity contribution in [3.8, 4) is 0 Å². The smallest absolute Gasteiger partial charge is 0.387 e. The van der Waals surface area contributed by atoms with Gasteiger partial charge in [-0.3, -0.25) is 13.8 Å². The van der Waals surface area contributed by atoms with Crippen LogP contribution >= 0.6 is 7.82 Å². The van der Waals surface area contributed by atoms with Gasteiger partial charge in [0, 0.05) is 6.42 Å². The van der Waals surface area contributed by atoms with Crippen molar-refractivity contribution >= 4 is 13.7 Å². The largest absolute Gasteiger partial charge is 0.472 e. The second-order valence-corrected chi connectivity index (χ2v) is 17.5. The number of aliphatic hydroxyl groups is 1. The number of hydrogen-bond donors (Lipinski definition) is 3. The van der Waals surface area contributed by atoms with Crippen LogP contribution in [0.15, 0.2) is 36.5 Å². The molecule has 0 aromatic rings. The molecule has 0 heterocycles. The number of nitrogens with one attached hydrogen (secondary N) is 1. The van der Waals surface area contributed by atoms with E-state index in [2.05, 4.69) is 36.5 Å². The Kier molecular flexibility index (Phi) is 35.5. The zero-order valence-corrected chi connectivity index (χ0v) is 36.1. The van der Waals surface area contributed by atoms with Gasteiger partial charge in [0.25, 0.3) is 0 Å². The summed E-state index contributed by atoms with van der Waals surface area (Å²) in [6.45, 7) is 4.42. The second-order valence-electron chi connectivity index (χ2n) is 16.1. The van der Waals surface area contributed by atoms with E-state index in [0.717, 1.165) is 25.7 Å². The third kappa shape index (κ3) is 38.8. The van der Waals surface area contributed by atoms with Gasteiger partial charge in [0.1, 0.15) is 13.2 Å². The maximum absolute atomic E-state index is 12.3. The van der Waals surface area contributed by atoms with Crippen molar-refractivity contribution in [1.29, 1.82) is 0 Å². The van der Waals surface area contributed by atoms with E-state index >= 15 is 0 Å². The van der Waals surface area contributed by atoms with Crippen molar-refractivity contribution in [1.82, 2.24) is 5.32 Å². The van der Waals surface area contributed by atoms with Gasteiger partial charge < -0.3 is 19.8 Å². The van der Waals surface area contributed by atoms with Crippen LogP contribution in [0.1, 0.15) is 187 Å². The monoisotopic (exact) mass is 770 g/mol. The third-order valence-electron chi connectivity index (χ3n) is 9.56. The molecule has 9 heteroatoms. The zero-order valence-electron chi connectivity index (χ0n) is 35.3. The predicted molar refractivity (Wildman–Crippen MR) is 226 cm³/mol. The Bertz CT molecular complexity index is 964. The quantitative estimate of drug-likeness (QED) is 0.0249. The normalized spacial score (nSPS) is 14.8. The standard InChI is InChI=1S/C44H85N2O6P/c1-6-8-9-10-11-12-13-14-15-16-17-18-19-20-21-22-23-24-25-26-27-28-29-30-31-32-33-34-35-36-38-43(47)42(45-44(48)37-7-2)41-52-53(49,50)51-40-39-46(3,4)5/h28-29,32-33,36,38,42-43,47H,6-27,30-31,34-35,37,39-41H2,1-5H3,(H-,45,48,49,50)/p+1/b29-28+,33-32+,38-36+. The highest BCUT2D eigenvalue weighted by Crippen LogP contribution is 2.43. The summed E-state index contributed by atoms with van der Waals surface area (Å²) in [5.41, 5.74) is 0. The summed E-state index contributed by atoms with van der Waals surface area (Å²) in [4.78, 5) is 22.2. The third-order valence-corrected chi connectivity index (χ3v) is 10.5. The van der Waals surface area contributed by atoms with Crippen molar-refractivity contribution in [2.24, 2.45) is 0 Å². The van der Waals surface area contributed by atoms with Crippen LogP contribution in [0.3, 0.4) is 0 Å². The van der Waals surface area contributed by atoms with Gasteiger partial charge in [-0.1, -0.05) is 172 Å². The molecule has 0 aliphatic heterocycles. The van der Waals surface area contributed by atoms with Gasteiger partial charge in [0.2, 0.25) is 5.91 Å². The van der Waals surface area contributed by atoms with Crippen LogP contribution in [0.2, 0.25) is 0 Å². The van der Waals surface area contributed by atoms with Crippen molar-refractivity contribution in [3.63, 3.8) is 0 Å². The molecule has 1 amide bonds. The Morgan fingerprint density at radius 2 is 1.04 bits per heavy atom. The summed E-state index contributed by atoms with van der Waals surface area (Å²) in [6.07, 6.45) is 45.6. The van der Waals surface area contributed by atoms with Gasteiger partial charge >= 0.3 is 7.82 Å². The van der Waals surface area contributed by atoms with Gasteiger partial charge in [-0.05, 0) is 44.9 Å². The lowest BCUT2D eigenvalue weighted by molar-refractivity contribution is -0.870. The lowest BCUT2D eigenvalue weighted by atomic mass is 10.0. The fourth-order valence-corrected chi connectivity index (χ4v) is 6.85. The van der Waals surface area contributed by atoms with E-state index < -0.39 is 20.0 Å².